The molecule has 2 heterocycles. The van der Waals surface area contributed by atoms with Gasteiger partial charge in [0.25, 0.3) is 11.7 Å². The van der Waals surface area contributed by atoms with Gasteiger partial charge < -0.3 is 19.5 Å². The number of aryl methyl sites for hydroxylation is 1. The highest BCUT2D eigenvalue weighted by molar-refractivity contribution is 6.46. The number of nitrogens with zero attached hydrogens (tertiary/aromatic N) is 2. The van der Waals surface area contributed by atoms with E-state index in [1.165, 1.54) is 0 Å². The highest BCUT2D eigenvalue weighted by Gasteiger charge is 2.46. The molecule has 1 unspecified atom stereocenters. The number of halogens is 1. The average molecular weight is 511 g/mol. The number of aliphatic hydroxyl groups is 1. The van der Waals surface area contributed by atoms with Crippen molar-refractivity contribution in [1.82, 2.24) is 9.80 Å². The van der Waals surface area contributed by atoms with Crippen LogP contribution in [0.2, 0.25) is 5.02 Å². The highest BCUT2D eigenvalue weighted by atomic mass is 35.5. The average Bonchev–Trinajstić information content (AvgIpc) is 3.13. The van der Waals surface area contributed by atoms with Crippen molar-refractivity contribution in [3.05, 3.63) is 82.4 Å². The summed E-state index contributed by atoms with van der Waals surface area (Å²) < 4.78 is 11.0. The number of carbonyl (C=O) groups excluding carboxylic acids is 2. The SMILES string of the molecule is C=CCOc1ccc(/C(O)=C2/C(=O)C(=O)N(CCCN3CCOCC3)C2c2ccc(Cl)cc2)c(C)c1. The summed E-state index contributed by atoms with van der Waals surface area (Å²) in [6.45, 7) is 10.1. The van der Waals surface area contributed by atoms with E-state index in [0.29, 0.717) is 49.1 Å². The summed E-state index contributed by atoms with van der Waals surface area (Å²) in [6, 6.07) is 11.5. The molecule has 8 heteroatoms. The second-order valence-corrected chi connectivity index (χ2v) is 9.36. The summed E-state index contributed by atoms with van der Waals surface area (Å²) >= 11 is 6.11. The molecule has 0 aromatic heterocycles. The van der Waals surface area contributed by atoms with Gasteiger partial charge in [-0.25, -0.2) is 0 Å². The fourth-order valence-electron chi connectivity index (χ4n) is 4.68. The second kappa shape index (κ2) is 11.7. The Morgan fingerprint density at radius 2 is 1.89 bits per heavy atom. The third kappa shape index (κ3) is 5.64. The fraction of sp³-hybridized carbons (Fsp3) is 0.357. The van der Waals surface area contributed by atoms with Crippen LogP contribution in [0.4, 0.5) is 0 Å². The molecule has 2 aliphatic rings. The van der Waals surface area contributed by atoms with Crippen LogP contribution in [0.1, 0.15) is 29.2 Å². The number of rotatable bonds is 9. The number of amides is 1. The largest absolute Gasteiger partial charge is 0.507 e. The van der Waals surface area contributed by atoms with Gasteiger partial charge in [0.05, 0.1) is 24.8 Å². The highest BCUT2D eigenvalue weighted by Crippen LogP contribution is 2.40. The van der Waals surface area contributed by atoms with Crippen LogP contribution in [0.15, 0.2) is 60.7 Å². The van der Waals surface area contributed by atoms with Crippen LogP contribution in [0.3, 0.4) is 0 Å². The number of benzene rings is 2. The van der Waals surface area contributed by atoms with Crippen molar-refractivity contribution in [3.8, 4) is 5.75 Å². The molecule has 0 saturated carbocycles. The van der Waals surface area contributed by atoms with Gasteiger partial charge in [-0.1, -0.05) is 36.4 Å². The standard InChI is InChI=1S/C28H31ClN2O5/c1-3-15-36-22-9-10-23(19(2)18-22)26(32)24-25(20-5-7-21(29)8-6-20)31(28(34)27(24)33)12-4-11-30-13-16-35-17-14-30/h3,5-10,18,25,32H,1,4,11-17H2,2H3/b26-24-. The zero-order valence-electron chi connectivity index (χ0n) is 20.4. The Morgan fingerprint density at radius 1 is 1.17 bits per heavy atom. The van der Waals surface area contributed by atoms with Crippen molar-refractivity contribution in [1.29, 1.82) is 0 Å². The molecule has 2 saturated heterocycles. The summed E-state index contributed by atoms with van der Waals surface area (Å²) in [6.07, 6.45) is 2.35. The lowest BCUT2D eigenvalue weighted by Crippen LogP contribution is -2.38. The zero-order chi connectivity index (χ0) is 25.7. The number of aliphatic hydroxyl groups excluding tert-OH is 1. The minimum absolute atomic E-state index is 0.0801. The Labute approximate surface area is 216 Å². The predicted octanol–water partition coefficient (Wildman–Crippen LogP) is 4.36. The van der Waals surface area contributed by atoms with E-state index in [9.17, 15) is 14.7 Å². The van der Waals surface area contributed by atoms with Crippen LogP contribution < -0.4 is 4.74 Å². The lowest BCUT2D eigenvalue weighted by Gasteiger charge is -2.29. The van der Waals surface area contributed by atoms with E-state index < -0.39 is 17.7 Å². The molecule has 2 fully saturated rings. The number of carbonyl (C=O) groups is 2. The summed E-state index contributed by atoms with van der Waals surface area (Å²) in [7, 11) is 0. The minimum Gasteiger partial charge on any atom is -0.507 e. The van der Waals surface area contributed by atoms with E-state index in [0.717, 1.165) is 30.8 Å². The number of hydrogen-bond acceptors (Lipinski definition) is 6. The first-order valence-corrected chi connectivity index (χ1v) is 12.5. The Hall–Kier alpha value is -3.13. The van der Waals surface area contributed by atoms with Crippen molar-refractivity contribution in [2.75, 3.05) is 46.0 Å². The smallest absolute Gasteiger partial charge is 0.295 e. The molecule has 1 atom stereocenters. The van der Waals surface area contributed by atoms with E-state index >= 15 is 0 Å². The van der Waals surface area contributed by atoms with Gasteiger partial charge in [0.1, 0.15) is 18.1 Å². The topological polar surface area (TPSA) is 79.3 Å². The van der Waals surface area contributed by atoms with Crippen molar-refractivity contribution in [2.45, 2.75) is 19.4 Å². The van der Waals surface area contributed by atoms with Gasteiger partial charge in [-0.15, -0.1) is 0 Å². The third-order valence-corrected chi connectivity index (χ3v) is 6.78. The molecule has 4 rings (SSSR count). The molecular weight excluding hydrogens is 480 g/mol. The van der Waals surface area contributed by atoms with E-state index in [2.05, 4.69) is 11.5 Å². The summed E-state index contributed by atoms with van der Waals surface area (Å²) in [5.74, 6) is -0.870. The molecule has 0 bridgehead atoms. The molecular formula is C28H31ClN2O5. The first-order valence-electron chi connectivity index (χ1n) is 12.1. The third-order valence-electron chi connectivity index (χ3n) is 6.52. The lowest BCUT2D eigenvalue weighted by atomic mass is 9.94. The number of likely N-dealkylation sites (tertiary alicyclic amines) is 1. The normalized spacial score (nSPS) is 20.1. The van der Waals surface area contributed by atoms with Gasteiger partial charge in [-0.05, 0) is 54.8 Å². The van der Waals surface area contributed by atoms with Gasteiger partial charge in [-0.3, -0.25) is 14.5 Å². The van der Waals surface area contributed by atoms with E-state index in [4.69, 9.17) is 21.1 Å². The number of morpholine rings is 1. The number of ether oxygens (including phenoxy) is 2. The van der Waals surface area contributed by atoms with E-state index in [1.54, 1.807) is 53.4 Å². The number of hydrogen-bond donors (Lipinski definition) is 1. The van der Waals surface area contributed by atoms with Crippen LogP contribution >= 0.6 is 11.6 Å². The summed E-state index contributed by atoms with van der Waals surface area (Å²) in [5.41, 5.74) is 2.00. The van der Waals surface area contributed by atoms with E-state index in [-0.39, 0.29) is 11.3 Å². The van der Waals surface area contributed by atoms with Crippen molar-refractivity contribution < 1.29 is 24.2 Å². The molecule has 2 aromatic carbocycles. The predicted molar refractivity (Wildman–Crippen MR) is 139 cm³/mol. The van der Waals surface area contributed by atoms with Crippen molar-refractivity contribution >= 4 is 29.1 Å². The van der Waals surface area contributed by atoms with Crippen LogP contribution in [-0.2, 0) is 14.3 Å². The van der Waals surface area contributed by atoms with Crippen LogP contribution in [0, 0.1) is 6.92 Å². The molecule has 1 amide bonds. The quantitative estimate of drug-likeness (QED) is 0.234. The molecule has 190 valence electrons. The van der Waals surface area contributed by atoms with Crippen molar-refractivity contribution in [3.63, 3.8) is 0 Å². The Morgan fingerprint density at radius 3 is 2.56 bits per heavy atom. The Bertz CT molecular complexity index is 1160. The van der Waals surface area contributed by atoms with Gasteiger partial charge >= 0.3 is 0 Å². The molecule has 0 spiro atoms. The first-order chi connectivity index (χ1) is 17.4. The molecule has 1 N–H and O–H groups in total. The van der Waals surface area contributed by atoms with Gasteiger partial charge in [-0.2, -0.15) is 0 Å². The van der Waals surface area contributed by atoms with Gasteiger partial charge in [0, 0.05) is 36.8 Å². The minimum atomic E-state index is -0.706. The Balaban J connectivity index is 1.67. The maximum absolute atomic E-state index is 13.3. The second-order valence-electron chi connectivity index (χ2n) is 8.93. The monoisotopic (exact) mass is 510 g/mol. The molecule has 0 aliphatic carbocycles. The summed E-state index contributed by atoms with van der Waals surface area (Å²) in [5, 5.41) is 11.9. The van der Waals surface area contributed by atoms with Crippen molar-refractivity contribution in [2.24, 2.45) is 0 Å². The van der Waals surface area contributed by atoms with Crippen LogP contribution in [0.25, 0.3) is 5.76 Å². The fourth-order valence-corrected chi connectivity index (χ4v) is 4.81. The van der Waals surface area contributed by atoms with Gasteiger partial charge in [0.15, 0.2) is 0 Å². The molecule has 2 aromatic rings. The first kappa shape index (κ1) is 25.9. The maximum Gasteiger partial charge on any atom is 0.295 e. The summed E-state index contributed by atoms with van der Waals surface area (Å²) in [4.78, 5) is 30.3. The number of ketones is 1. The molecule has 0 radical (unpaired) electrons. The zero-order valence-corrected chi connectivity index (χ0v) is 21.2. The number of Topliss-reactive ketones (excluding diaryl/α,β-unsaturated/α-hetero) is 1. The van der Waals surface area contributed by atoms with Crippen LogP contribution in [-0.4, -0.2) is 72.6 Å². The lowest BCUT2D eigenvalue weighted by molar-refractivity contribution is -0.140. The molecule has 7 nitrogen and oxygen atoms in total. The molecule has 36 heavy (non-hydrogen) atoms. The maximum atomic E-state index is 13.3. The molecule has 2 aliphatic heterocycles. The van der Waals surface area contributed by atoms with E-state index in [1.807, 2.05) is 6.92 Å². The van der Waals surface area contributed by atoms with Crippen LogP contribution in [0.5, 0.6) is 5.75 Å². The van der Waals surface area contributed by atoms with Gasteiger partial charge in [0.2, 0.25) is 0 Å². The Kier molecular flexibility index (Phi) is 8.46.